The Morgan fingerprint density at radius 2 is 0.600 bits per heavy atom. The third kappa shape index (κ3) is 76.9. The van der Waals surface area contributed by atoms with Crippen molar-refractivity contribution in [3.8, 4) is 0 Å². The second-order valence-corrected chi connectivity index (χ2v) is 0. The van der Waals surface area contributed by atoms with Gasteiger partial charge in [-0.2, -0.15) is 0 Å². The van der Waals surface area contributed by atoms with Gasteiger partial charge >= 0.3 is 158 Å². The van der Waals surface area contributed by atoms with E-state index in [1.807, 2.05) is 0 Å². The summed E-state index contributed by atoms with van der Waals surface area (Å²) in [5, 5.41) is 0. The van der Waals surface area contributed by atoms with E-state index in [0.717, 1.165) is 0 Å². The molecule has 0 aliphatic rings. The fourth-order valence-electron chi connectivity index (χ4n) is 0. The van der Waals surface area contributed by atoms with Crippen LogP contribution >= 0.6 is 0 Å². The molecule has 0 unspecified atom stereocenters. The standard InChI is InChI=1S/Al.Ba.5FH.La.Na.Zr/h;;5*1H;;;/q+3;+2;;;;;;+3;+1;+4/p-5. The molecule has 0 aromatic rings. The summed E-state index contributed by atoms with van der Waals surface area (Å²) in [7, 11) is 0. The maximum absolute atomic E-state index is 0. The van der Waals surface area contributed by atoms with E-state index in [1.54, 1.807) is 0 Å². The Morgan fingerprint density at radius 3 is 0.600 bits per heavy atom. The van der Waals surface area contributed by atoms with Crippen LogP contribution in [-0.2, 0) is 26.2 Å². The van der Waals surface area contributed by atoms with Gasteiger partial charge in [0.1, 0.15) is 0 Å². The first-order chi connectivity index (χ1) is 0. The van der Waals surface area contributed by atoms with Gasteiger partial charge in [0.25, 0.3) is 0 Å². The van der Waals surface area contributed by atoms with Crippen LogP contribution in [0, 0.1) is 35.6 Å². The van der Waals surface area contributed by atoms with Crippen molar-refractivity contribution in [1.82, 2.24) is 0 Å². The van der Waals surface area contributed by atoms with Crippen molar-refractivity contribution in [3.05, 3.63) is 0 Å². The first-order valence-electron chi connectivity index (χ1n) is 0. The molecule has 0 atom stereocenters. The van der Waals surface area contributed by atoms with Gasteiger partial charge in [-0.25, -0.2) is 0 Å². The fraction of sp³-hybridized carbons (Fsp3) is 0. The van der Waals surface area contributed by atoms with Crippen molar-refractivity contribution in [2.24, 2.45) is 0 Å². The minimum absolute atomic E-state index is 0. The fourth-order valence-corrected chi connectivity index (χ4v) is 0. The molecule has 0 amide bonds. The summed E-state index contributed by atoms with van der Waals surface area (Å²) < 4.78 is 0. The quantitative estimate of drug-likeness (QED) is 0.224. The number of hydrogen-bond donors (Lipinski definition) is 0. The largest absolute Gasteiger partial charge is 4.00 e. The summed E-state index contributed by atoms with van der Waals surface area (Å²) in [4.78, 5) is 0. The zero-order chi connectivity index (χ0) is 0. The molecule has 0 saturated heterocycles. The number of halogens is 5. The van der Waals surface area contributed by atoms with E-state index >= 15 is 0 Å². The van der Waals surface area contributed by atoms with E-state index in [4.69, 9.17) is 0 Å². The van der Waals surface area contributed by atoms with E-state index in [1.165, 1.54) is 0 Å². The Kier molecular flexibility index (Phi) is 1190. The molecule has 0 aliphatic heterocycles. The minimum atomic E-state index is 0. The first-order valence-corrected chi connectivity index (χ1v) is 0. The molecule has 40 valence electrons. The number of hydrogen-bond acceptors (Lipinski definition) is 0. The summed E-state index contributed by atoms with van der Waals surface area (Å²) in [6.07, 6.45) is 0. The maximum atomic E-state index is 0. The van der Waals surface area contributed by atoms with E-state index in [0.29, 0.717) is 0 Å². The molecular weight excluding hydrogens is 512 g/mol. The predicted molar refractivity (Wildman–Crippen MR) is 11.5 cm³/mol. The monoisotopic (exact) mass is 512 g/mol. The molecule has 0 aromatic carbocycles. The molecule has 10 heavy (non-hydrogen) atoms. The van der Waals surface area contributed by atoms with Gasteiger partial charge < -0.3 is 23.5 Å². The predicted octanol–water partition coefficient (Wildman–Crippen LogP) is -18.7. The van der Waals surface area contributed by atoms with Crippen molar-refractivity contribution >= 4 is 66.2 Å². The SMILES string of the molecule is [Al+3].[Ba+2].[F-].[F-].[F-].[F-].[F-].[La+3].[Na+].[Zr+4]. The first kappa shape index (κ1) is 122. The van der Waals surface area contributed by atoms with Crippen molar-refractivity contribution in [1.29, 1.82) is 0 Å². The second kappa shape index (κ2) is 97.6. The smallest absolute Gasteiger partial charge is 1.00 e. The molecule has 0 fully saturated rings. The molecule has 0 aliphatic carbocycles. The Hall–Kier alpha value is 4.83. The summed E-state index contributed by atoms with van der Waals surface area (Å²) in [5.41, 5.74) is 0. The van der Waals surface area contributed by atoms with Gasteiger partial charge in [0.15, 0.2) is 0 Å². The van der Waals surface area contributed by atoms with Crippen LogP contribution in [-0.4, -0.2) is 66.2 Å². The third-order valence-electron chi connectivity index (χ3n) is 0. The van der Waals surface area contributed by atoms with Gasteiger partial charge in [0.2, 0.25) is 0 Å². The van der Waals surface area contributed by atoms with Crippen LogP contribution in [0.2, 0.25) is 0 Å². The van der Waals surface area contributed by atoms with Gasteiger partial charge in [-0.15, -0.1) is 0 Å². The zero-order valence-corrected chi connectivity index (χ0v) is 18.9. The van der Waals surface area contributed by atoms with Crippen molar-refractivity contribution < 1.29 is 115 Å². The van der Waals surface area contributed by atoms with Crippen LogP contribution in [0.5, 0.6) is 0 Å². The van der Waals surface area contributed by atoms with Crippen LogP contribution in [0.4, 0.5) is 0 Å². The van der Waals surface area contributed by atoms with E-state index in [-0.39, 0.29) is 181 Å². The van der Waals surface area contributed by atoms with Crippen molar-refractivity contribution in [3.63, 3.8) is 0 Å². The molecule has 0 radical (unpaired) electrons. The average Bonchev–Trinajstić information content (AvgIpc) is 0. The minimum Gasteiger partial charge on any atom is -1.00 e. The summed E-state index contributed by atoms with van der Waals surface area (Å²) in [6, 6.07) is 0. The van der Waals surface area contributed by atoms with Crippen LogP contribution in [0.3, 0.4) is 0 Å². The van der Waals surface area contributed by atoms with Crippen LogP contribution < -0.4 is 53.1 Å². The Balaban J connectivity index is 0. The summed E-state index contributed by atoms with van der Waals surface area (Å²) >= 11 is 0. The van der Waals surface area contributed by atoms with E-state index in [2.05, 4.69) is 0 Å². The second-order valence-electron chi connectivity index (χ2n) is 0. The van der Waals surface area contributed by atoms with E-state index in [9.17, 15) is 0 Å². The third-order valence-corrected chi connectivity index (χ3v) is 0. The Labute approximate surface area is 176 Å². The molecule has 0 N–H and O–H groups in total. The molecule has 0 rings (SSSR count). The van der Waals surface area contributed by atoms with Crippen LogP contribution in [0.25, 0.3) is 0 Å². The van der Waals surface area contributed by atoms with Gasteiger partial charge in [-0.1, -0.05) is 0 Å². The van der Waals surface area contributed by atoms with Gasteiger partial charge in [-0.05, 0) is 0 Å². The molecule has 0 aromatic heterocycles. The van der Waals surface area contributed by atoms with Gasteiger partial charge in [-0.3, -0.25) is 0 Å². The molecule has 0 heterocycles. The molecular formula is AlBaF5LaNaZr+8. The van der Waals surface area contributed by atoms with Crippen LogP contribution in [0.1, 0.15) is 0 Å². The maximum Gasteiger partial charge on any atom is 4.00 e. The normalized spacial score (nSPS) is 0. The van der Waals surface area contributed by atoms with Crippen molar-refractivity contribution in [2.45, 2.75) is 0 Å². The Morgan fingerprint density at radius 1 is 0.600 bits per heavy atom. The average molecular weight is 512 g/mol. The topological polar surface area (TPSA) is 0 Å². The summed E-state index contributed by atoms with van der Waals surface area (Å²) in [6.45, 7) is 0. The summed E-state index contributed by atoms with van der Waals surface area (Å²) in [5.74, 6) is 0. The van der Waals surface area contributed by atoms with Gasteiger partial charge in [0, 0.05) is 0 Å². The van der Waals surface area contributed by atoms with Crippen LogP contribution in [0.15, 0.2) is 0 Å². The van der Waals surface area contributed by atoms with Crippen molar-refractivity contribution in [2.75, 3.05) is 0 Å². The number of rotatable bonds is 0. The molecule has 0 spiro atoms. The molecule has 10 heteroatoms. The Bertz CT molecular complexity index is 21.6. The molecule has 0 nitrogen and oxygen atoms in total. The zero-order valence-electron chi connectivity index (χ0n) is 5.25. The van der Waals surface area contributed by atoms with Gasteiger partial charge in [0.05, 0.1) is 0 Å². The van der Waals surface area contributed by atoms with E-state index < -0.39 is 0 Å². The molecule has 0 bridgehead atoms. The molecule has 0 saturated carbocycles.